The molecule has 0 heterocycles. The third-order valence-corrected chi connectivity index (χ3v) is 18.1. The van der Waals surface area contributed by atoms with Crippen molar-refractivity contribution in [2.75, 3.05) is 0 Å². The molecule has 6 aromatic carbocycles. The Morgan fingerprint density at radius 2 is 1.33 bits per heavy atom. The number of hydrogen-bond acceptors (Lipinski definition) is 0. The van der Waals surface area contributed by atoms with Crippen LogP contribution >= 0.6 is 0 Å². The van der Waals surface area contributed by atoms with Gasteiger partial charge in [0.1, 0.15) is 0 Å². The maximum atomic E-state index is 2.60. The summed E-state index contributed by atoms with van der Waals surface area (Å²) >= 11 is -0.639. The molecule has 2 aliphatic carbocycles. The maximum Gasteiger partial charge on any atom is -1.00 e. The Bertz CT molecular complexity index is 2060. The van der Waals surface area contributed by atoms with Gasteiger partial charge in [0.15, 0.2) is 0 Å². The van der Waals surface area contributed by atoms with Crippen LogP contribution in [0.2, 0.25) is 13.1 Å². The van der Waals surface area contributed by atoms with Crippen LogP contribution in [-0.4, -0.2) is 5.92 Å². The van der Waals surface area contributed by atoms with Gasteiger partial charge in [-0.05, 0) is 0 Å². The molecule has 2 aliphatic rings. The molecule has 0 bridgehead atoms. The summed E-state index contributed by atoms with van der Waals surface area (Å²) in [5.41, 5.74) is 15.0. The van der Waals surface area contributed by atoms with Gasteiger partial charge in [0.2, 0.25) is 0 Å². The van der Waals surface area contributed by atoms with Crippen LogP contribution in [0.15, 0.2) is 115 Å². The molecule has 0 amide bonds. The molecule has 0 spiro atoms. The van der Waals surface area contributed by atoms with E-state index in [1.165, 1.54) is 60.5 Å². The van der Waals surface area contributed by atoms with Gasteiger partial charge in [0.25, 0.3) is 0 Å². The zero-order chi connectivity index (χ0) is 29.2. The van der Waals surface area contributed by atoms with E-state index in [1.807, 2.05) is 0 Å². The zero-order valence-corrected chi connectivity index (χ0v) is 31.3. The fourth-order valence-corrected chi connectivity index (χ4v) is 16.0. The molecule has 0 saturated heterocycles. The second kappa shape index (κ2) is 12.8. The molecule has 6 aromatic rings. The molecule has 45 heavy (non-hydrogen) atoms. The SMILES string of the molecule is CC(C)C1=Cc2c(-c3c4ccccc4cc4ccccc34)cccc2C1c1[c]([Zr+2][SiH](C)C)ccc2c1Cc1ccccc1-2.[Cl-].[Cl-]. The third-order valence-electron chi connectivity index (χ3n) is 9.57. The van der Waals surface area contributed by atoms with Gasteiger partial charge >= 0.3 is 269 Å². The van der Waals surface area contributed by atoms with E-state index in [0.29, 0.717) is 11.8 Å². The molecule has 0 aromatic heterocycles. The first-order valence-corrected chi connectivity index (χ1v) is 24.1. The summed E-state index contributed by atoms with van der Waals surface area (Å²) in [6.45, 7) is 9.96. The number of rotatable bonds is 5. The largest absolute Gasteiger partial charge is 1.00 e. The van der Waals surface area contributed by atoms with Crippen molar-refractivity contribution in [1.82, 2.24) is 0 Å². The van der Waals surface area contributed by atoms with Gasteiger partial charge in [0, 0.05) is 0 Å². The average molecular weight is 719 g/mol. The van der Waals surface area contributed by atoms with E-state index in [4.69, 9.17) is 0 Å². The second-order valence-electron chi connectivity index (χ2n) is 12.9. The second-order valence-corrected chi connectivity index (χ2v) is 27.5. The number of benzene rings is 6. The smallest absolute Gasteiger partial charge is 1.00 e. The minimum absolute atomic E-state index is 0. The molecule has 4 heteroatoms. The summed E-state index contributed by atoms with van der Waals surface area (Å²) in [4.78, 5) is 0. The van der Waals surface area contributed by atoms with Crippen molar-refractivity contribution in [2.45, 2.75) is 39.3 Å². The molecule has 222 valence electrons. The molecule has 0 N–H and O–H groups in total. The molecule has 0 nitrogen and oxygen atoms in total. The molecule has 8 rings (SSSR count). The Morgan fingerprint density at radius 3 is 2.02 bits per heavy atom. The summed E-state index contributed by atoms with van der Waals surface area (Å²) in [7, 11) is 0. The predicted octanol–water partition coefficient (Wildman–Crippen LogP) is 4.12. The molecule has 0 saturated carbocycles. The average Bonchev–Trinajstić information content (AvgIpc) is 3.59. The van der Waals surface area contributed by atoms with E-state index in [1.54, 1.807) is 20.0 Å². The van der Waals surface area contributed by atoms with Gasteiger partial charge in [-0.1, -0.05) is 0 Å². The molecule has 1 unspecified atom stereocenters. The van der Waals surface area contributed by atoms with E-state index in [9.17, 15) is 0 Å². The van der Waals surface area contributed by atoms with Gasteiger partial charge in [-0.2, -0.15) is 0 Å². The Kier molecular flexibility index (Phi) is 9.17. The summed E-state index contributed by atoms with van der Waals surface area (Å²) in [5, 5.41) is 5.31. The van der Waals surface area contributed by atoms with E-state index >= 15 is 0 Å². The summed E-state index contributed by atoms with van der Waals surface area (Å²) in [6, 6.07) is 41.6. The number of hydrogen-bond donors (Lipinski definition) is 0. The molecular weight excluding hydrogens is 683 g/mol. The van der Waals surface area contributed by atoms with Crippen LogP contribution in [-0.2, 0) is 28.8 Å². The Hall–Kier alpha value is -2.74. The Labute approximate surface area is 291 Å². The monoisotopic (exact) mass is 716 g/mol. The fraction of sp³-hybridized carbons (Fsp3) is 0.171. The van der Waals surface area contributed by atoms with Crippen molar-refractivity contribution in [1.29, 1.82) is 0 Å². The molecule has 0 aliphatic heterocycles. The van der Waals surface area contributed by atoms with E-state index in [-0.39, 0.29) is 24.8 Å². The first kappa shape index (κ1) is 32.2. The Balaban J connectivity index is 0.00000179. The van der Waals surface area contributed by atoms with Crippen LogP contribution < -0.4 is 28.1 Å². The standard InChI is InChI=1S/C39H29.C2H7Si.2ClH.Zr/c1-24(2)35-23-37-33(38-29-15-7-4-11-25(29)21-26-12-5-8-16-30(26)38)19-10-20-34(37)39(35)32-18-9-17-31-28-14-6-3-13-27(28)22-36(31)32;1-3-2;;;/h3-17,19-21,23-24,39H,22H2,1-2H3;3H,1-2H3;2*1H;/q;;;;+2/p-2. The maximum absolute atomic E-state index is 2.60. The van der Waals surface area contributed by atoms with Crippen molar-refractivity contribution >= 4 is 36.8 Å². The molecule has 0 fully saturated rings. The quantitative estimate of drug-likeness (QED) is 0.186. The summed E-state index contributed by atoms with van der Waals surface area (Å²) < 4.78 is 1.75. The number of allylic oxidation sites excluding steroid dienone is 1. The normalized spacial score (nSPS) is 14.4. The fourth-order valence-electron chi connectivity index (χ4n) is 7.77. The topological polar surface area (TPSA) is 0 Å². The van der Waals surface area contributed by atoms with Gasteiger partial charge in [-0.3, -0.25) is 0 Å². The first-order chi connectivity index (χ1) is 21.0. The van der Waals surface area contributed by atoms with Crippen molar-refractivity contribution in [3.05, 3.63) is 143 Å². The van der Waals surface area contributed by atoms with Crippen LogP contribution in [0.25, 0.3) is 49.9 Å². The van der Waals surface area contributed by atoms with Crippen molar-refractivity contribution < 1.29 is 47.2 Å². The molecule has 1 atom stereocenters. The van der Waals surface area contributed by atoms with Gasteiger partial charge < -0.3 is 24.8 Å². The zero-order valence-electron chi connectivity index (χ0n) is 26.2. The van der Waals surface area contributed by atoms with Crippen LogP contribution in [0.1, 0.15) is 47.6 Å². The van der Waals surface area contributed by atoms with Crippen LogP contribution in [0, 0.1) is 5.92 Å². The Morgan fingerprint density at radius 1 is 0.689 bits per heavy atom. The predicted molar refractivity (Wildman–Crippen MR) is 185 cm³/mol. The van der Waals surface area contributed by atoms with E-state index in [2.05, 4.69) is 142 Å². The molecular formula is C41H36Cl2SiZr. The third kappa shape index (κ3) is 5.33. The van der Waals surface area contributed by atoms with Gasteiger partial charge in [-0.25, -0.2) is 0 Å². The summed E-state index contributed by atoms with van der Waals surface area (Å²) in [5.74, 6) is 0.147. The van der Waals surface area contributed by atoms with E-state index in [0.717, 1.165) is 6.42 Å². The molecule has 0 radical (unpaired) electrons. The minimum atomic E-state index is -0.666. The van der Waals surface area contributed by atoms with Gasteiger partial charge in [0.05, 0.1) is 0 Å². The van der Waals surface area contributed by atoms with E-state index < -0.39 is 28.3 Å². The van der Waals surface area contributed by atoms with Crippen LogP contribution in [0.3, 0.4) is 0 Å². The minimum Gasteiger partial charge on any atom is -1.00 e. The van der Waals surface area contributed by atoms with Gasteiger partial charge in [-0.15, -0.1) is 0 Å². The first-order valence-electron chi connectivity index (χ1n) is 15.8. The summed E-state index contributed by atoms with van der Waals surface area (Å²) in [6.07, 6.45) is 3.66. The van der Waals surface area contributed by atoms with Crippen LogP contribution in [0.5, 0.6) is 0 Å². The number of fused-ring (bicyclic) bond motifs is 6. The van der Waals surface area contributed by atoms with Crippen LogP contribution in [0.4, 0.5) is 0 Å². The van der Waals surface area contributed by atoms with Crippen molar-refractivity contribution in [3.63, 3.8) is 0 Å². The van der Waals surface area contributed by atoms with Crippen molar-refractivity contribution in [3.8, 4) is 22.3 Å². The number of halogens is 2. The van der Waals surface area contributed by atoms with Crippen molar-refractivity contribution in [2.24, 2.45) is 5.92 Å².